The average molecular weight is 230 g/mol. The molecule has 0 aliphatic carbocycles. The van der Waals surface area contributed by atoms with Gasteiger partial charge in [-0.25, -0.2) is 0 Å². The first-order chi connectivity index (χ1) is 8.22. The first-order valence-electron chi connectivity index (χ1n) is 5.80. The van der Waals surface area contributed by atoms with Gasteiger partial charge in [0, 0.05) is 12.1 Å². The molecule has 2 bridgehead atoms. The van der Waals surface area contributed by atoms with Crippen LogP contribution in [0.25, 0.3) is 0 Å². The molecule has 0 radical (unpaired) electrons. The fraction of sp³-hybridized carbons (Fsp3) is 0.385. The number of rotatable bonds is 2. The Morgan fingerprint density at radius 2 is 2.12 bits per heavy atom. The van der Waals surface area contributed by atoms with Gasteiger partial charge in [-0.3, -0.25) is 14.5 Å². The first kappa shape index (κ1) is 10.5. The Balaban J connectivity index is 2.01. The van der Waals surface area contributed by atoms with Gasteiger partial charge in [-0.2, -0.15) is 0 Å². The lowest BCUT2D eigenvalue weighted by atomic mass is 10.1. The quantitative estimate of drug-likeness (QED) is 0.709. The highest BCUT2D eigenvalue weighted by molar-refractivity contribution is 6.04. The highest BCUT2D eigenvalue weighted by Gasteiger charge is 2.48. The molecular weight excluding hydrogens is 216 g/mol. The summed E-state index contributed by atoms with van der Waals surface area (Å²) in [5, 5.41) is 0. The smallest absolute Gasteiger partial charge is 0.244 e. The zero-order valence-electron chi connectivity index (χ0n) is 9.67. The molecule has 2 aliphatic rings. The second-order valence-electron chi connectivity index (χ2n) is 4.73. The van der Waals surface area contributed by atoms with Crippen molar-refractivity contribution in [1.82, 2.24) is 4.90 Å². The van der Waals surface area contributed by atoms with Gasteiger partial charge in [0.15, 0.2) is 6.29 Å². The molecule has 2 saturated heterocycles. The van der Waals surface area contributed by atoms with Gasteiger partial charge in [0.2, 0.25) is 5.91 Å². The fourth-order valence-electron chi connectivity index (χ4n) is 2.91. The van der Waals surface area contributed by atoms with Gasteiger partial charge in [0.05, 0.1) is 17.8 Å². The molecule has 0 N–H and O–H groups in total. The van der Waals surface area contributed by atoms with Crippen LogP contribution in [0.2, 0.25) is 0 Å². The third-order valence-electron chi connectivity index (χ3n) is 3.74. The molecular formula is C13H14N2O2. The number of piperazine rings is 1. The SMILES string of the molecule is CN1CC2CC1C(=O)N2c1ccccc1C=O. The van der Waals surface area contributed by atoms with Crippen molar-refractivity contribution in [2.24, 2.45) is 0 Å². The Bertz CT molecular complexity index is 486. The van der Waals surface area contributed by atoms with Crippen LogP contribution >= 0.6 is 0 Å². The van der Waals surface area contributed by atoms with E-state index in [0.29, 0.717) is 5.56 Å². The molecule has 1 aromatic carbocycles. The van der Waals surface area contributed by atoms with Crippen molar-refractivity contribution in [3.8, 4) is 0 Å². The maximum absolute atomic E-state index is 12.2. The Morgan fingerprint density at radius 3 is 2.76 bits per heavy atom. The molecule has 0 spiro atoms. The Morgan fingerprint density at radius 1 is 1.35 bits per heavy atom. The number of aldehydes is 1. The number of likely N-dealkylation sites (N-methyl/N-ethyl adjacent to an activating group) is 1. The van der Waals surface area contributed by atoms with Gasteiger partial charge >= 0.3 is 0 Å². The van der Waals surface area contributed by atoms with E-state index in [1.54, 1.807) is 11.0 Å². The van der Waals surface area contributed by atoms with E-state index in [4.69, 9.17) is 0 Å². The highest BCUT2D eigenvalue weighted by Crippen LogP contribution is 2.35. The molecule has 2 heterocycles. The number of amides is 1. The summed E-state index contributed by atoms with van der Waals surface area (Å²) in [4.78, 5) is 27.1. The summed E-state index contributed by atoms with van der Waals surface area (Å²) >= 11 is 0. The molecule has 88 valence electrons. The number of hydrogen-bond donors (Lipinski definition) is 0. The van der Waals surface area contributed by atoms with Gasteiger partial charge in [-0.05, 0) is 25.6 Å². The molecule has 4 nitrogen and oxygen atoms in total. The van der Waals surface area contributed by atoms with Crippen molar-refractivity contribution in [3.63, 3.8) is 0 Å². The molecule has 2 aliphatic heterocycles. The largest absolute Gasteiger partial charge is 0.306 e. The van der Waals surface area contributed by atoms with E-state index >= 15 is 0 Å². The van der Waals surface area contributed by atoms with Crippen LogP contribution in [-0.2, 0) is 4.79 Å². The van der Waals surface area contributed by atoms with E-state index in [1.807, 2.05) is 25.2 Å². The van der Waals surface area contributed by atoms with Crippen LogP contribution in [0, 0.1) is 0 Å². The maximum Gasteiger partial charge on any atom is 0.244 e. The van der Waals surface area contributed by atoms with Crippen molar-refractivity contribution in [2.45, 2.75) is 18.5 Å². The second-order valence-corrected chi connectivity index (χ2v) is 4.73. The zero-order chi connectivity index (χ0) is 12.0. The topological polar surface area (TPSA) is 40.6 Å². The number of carbonyl (C=O) groups is 2. The van der Waals surface area contributed by atoms with E-state index in [9.17, 15) is 9.59 Å². The van der Waals surface area contributed by atoms with Gasteiger partial charge in [-0.15, -0.1) is 0 Å². The predicted octanol–water partition coefficient (Wildman–Crippen LogP) is 0.918. The molecule has 2 unspecified atom stereocenters. The Hall–Kier alpha value is -1.68. The number of benzene rings is 1. The number of para-hydroxylation sites is 1. The van der Waals surface area contributed by atoms with Gasteiger partial charge in [-0.1, -0.05) is 12.1 Å². The minimum atomic E-state index is -0.000270. The molecule has 2 fully saturated rings. The van der Waals surface area contributed by atoms with Crippen LogP contribution in [0.4, 0.5) is 5.69 Å². The highest BCUT2D eigenvalue weighted by atomic mass is 16.2. The molecule has 3 rings (SSSR count). The second kappa shape index (κ2) is 3.67. The molecule has 0 aromatic heterocycles. The summed E-state index contributed by atoms with van der Waals surface area (Å²) in [5.74, 6) is 0.123. The number of carbonyl (C=O) groups excluding carboxylic acids is 2. The standard InChI is InChI=1S/C13H14N2O2/c1-14-7-10-6-12(14)13(17)15(10)11-5-3-2-4-9(11)8-16/h2-5,8,10,12H,6-7H2,1H3. The molecule has 4 heteroatoms. The van der Waals surface area contributed by atoms with Gasteiger partial charge < -0.3 is 4.90 Å². The lowest BCUT2D eigenvalue weighted by Gasteiger charge is -2.32. The monoisotopic (exact) mass is 230 g/mol. The number of fused-ring (bicyclic) bond motifs is 2. The summed E-state index contributed by atoms with van der Waals surface area (Å²) in [6.45, 7) is 0.892. The summed E-state index contributed by atoms with van der Waals surface area (Å²) in [6, 6.07) is 7.51. The molecule has 0 saturated carbocycles. The fourth-order valence-corrected chi connectivity index (χ4v) is 2.91. The Labute approximate surface area is 99.8 Å². The third-order valence-corrected chi connectivity index (χ3v) is 3.74. The van der Waals surface area contributed by atoms with E-state index in [0.717, 1.165) is 24.9 Å². The lowest BCUT2D eigenvalue weighted by molar-refractivity contribution is -0.122. The molecule has 1 aromatic rings. The Kier molecular flexibility index (Phi) is 2.26. The summed E-state index contributed by atoms with van der Waals surface area (Å²) in [5.41, 5.74) is 1.35. The van der Waals surface area contributed by atoms with E-state index < -0.39 is 0 Å². The summed E-state index contributed by atoms with van der Waals surface area (Å²) in [6.07, 6.45) is 1.70. The third kappa shape index (κ3) is 1.41. The van der Waals surface area contributed by atoms with E-state index in [2.05, 4.69) is 4.90 Å². The van der Waals surface area contributed by atoms with Crippen molar-refractivity contribution >= 4 is 17.9 Å². The summed E-state index contributed by atoms with van der Waals surface area (Å²) in [7, 11) is 1.98. The first-order valence-corrected chi connectivity index (χ1v) is 5.80. The number of likely N-dealkylation sites (tertiary alicyclic amines) is 1. The van der Waals surface area contributed by atoms with Crippen LogP contribution in [0.3, 0.4) is 0 Å². The number of nitrogens with zero attached hydrogens (tertiary/aromatic N) is 2. The normalized spacial score (nSPS) is 27.8. The minimum Gasteiger partial charge on any atom is -0.306 e. The predicted molar refractivity (Wildman–Crippen MR) is 64.1 cm³/mol. The van der Waals surface area contributed by atoms with E-state index in [-0.39, 0.29) is 18.0 Å². The number of anilines is 1. The summed E-state index contributed by atoms with van der Waals surface area (Å²) < 4.78 is 0. The van der Waals surface area contributed by atoms with Crippen molar-refractivity contribution in [2.75, 3.05) is 18.5 Å². The van der Waals surface area contributed by atoms with Crippen LogP contribution in [0.5, 0.6) is 0 Å². The molecule has 2 atom stereocenters. The van der Waals surface area contributed by atoms with Gasteiger partial charge in [0.25, 0.3) is 0 Å². The van der Waals surface area contributed by atoms with Gasteiger partial charge in [0.1, 0.15) is 0 Å². The van der Waals surface area contributed by atoms with Crippen LogP contribution in [0.1, 0.15) is 16.8 Å². The minimum absolute atomic E-state index is 0.000270. The molecule has 1 amide bonds. The van der Waals surface area contributed by atoms with Crippen molar-refractivity contribution < 1.29 is 9.59 Å². The van der Waals surface area contributed by atoms with Crippen LogP contribution in [-0.4, -0.2) is 42.8 Å². The number of hydrogen-bond acceptors (Lipinski definition) is 3. The van der Waals surface area contributed by atoms with Crippen molar-refractivity contribution in [1.29, 1.82) is 0 Å². The zero-order valence-corrected chi connectivity index (χ0v) is 9.67. The lowest BCUT2D eigenvalue weighted by Crippen LogP contribution is -2.49. The maximum atomic E-state index is 12.2. The average Bonchev–Trinajstić information content (AvgIpc) is 2.85. The molecule has 17 heavy (non-hydrogen) atoms. The van der Waals surface area contributed by atoms with Crippen LogP contribution in [0.15, 0.2) is 24.3 Å². The van der Waals surface area contributed by atoms with Crippen LogP contribution < -0.4 is 4.90 Å². The van der Waals surface area contributed by atoms with E-state index in [1.165, 1.54) is 0 Å². The van der Waals surface area contributed by atoms with Crippen molar-refractivity contribution in [3.05, 3.63) is 29.8 Å².